The van der Waals surface area contributed by atoms with Crippen LogP contribution < -0.4 is 0 Å². The normalized spacial score (nSPS) is 42.2. The molecular formula is C25H38O3. The topological polar surface area (TPSA) is 43.4 Å². The van der Waals surface area contributed by atoms with Crippen molar-refractivity contribution in [2.75, 3.05) is 0 Å². The van der Waals surface area contributed by atoms with E-state index in [1.54, 1.807) is 0 Å². The number of fused-ring (bicyclic) bond motifs is 5. The molecule has 0 N–H and O–H groups in total. The van der Waals surface area contributed by atoms with Gasteiger partial charge in [0.15, 0.2) is 5.78 Å². The maximum Gasteiger partial charge on any atom is 0.306 e. The fourth-order valence-electron chi connectivity index (χ4n) is 7.44. The van der Waals surface area contributed by atoms with Gasteiger partial charge in [-0.2, -0.15) is 0 Å². The van der Waals surface area contributed by atoms with Crippen LogP contribution in [0.1, 0.15) is 97.8 Å². The monoisotopic (exact) mass is 386 g/mol. The summed E-state index contributed by atoms with van der Waals surface area (Å²) in [4.78, 5) is 24.4. The van der Waals surface area contributed by atoms with Gasteiger partial charge in [-0.05, 0) is 80.6 Å². The first-order chi connectivity index (χ1) is 13.4. The molecule has 0 aromatic carbocycles. The van der Waals surface area contributed by atoms with E-state index in [-0.39, 0.29) is 22.9 Å². The first-order valence-corrected chi connectivity index (χ1v) is 11.8. The van der Waals surface area contributed by atoms with Crippen molar-refractivity contribution < 1.29 is 14.3 Å². The summed E-state index contributed by atoms with van der Waals surface area (Å²) in [5, 5.41) is 0. The number of hydrogen-bond donors (Lipinski definition) is 0. The van der Waals surface area contributed by atoms with E-state index in [1.807, 2.05) is 6.08 Å². The molecule has 0 amide bonds. The van der Waals surface area contributed by atoms with E-state index in [2.05, 4.69) is 20.8 Å². The lowest BCUT2D eigenvalue weighted by molar-refractivity contribution is -0.160. The number of allylic oxidation sites excluding steroid dienone is 1. The Morgan fingerprint density at radius 1 is 1.07 bits per heavy atom. The second kappa shape index (κ2) is 7.61. The van der Waals surface area contributed by atoms with Gasteiger partial charge in [0.05, 0.1) is 0 Å². The zero-order chi connectivity index (χ0) is 19.9. The Kier molecular flexibility index (Phi) is 5.48. The molecule has 28 heavy (non-hydrogen) atoms. The molecule has 3 unspecified atom stereocenters. The number of unbranched alkanes of at least 4 members (excludes halogenated alkanes) is 2. The standard InChI is InChI=1S/C25H38O3/c1-4-5-6-7-23(27)28-22-11-10-20-19-9-8-17-16-18(26)12-14-24(17,2)21(19)13-15-25(20,22)3/h16,19-22H,4-15H2,1-3H3/t19?,20?,21?,22-,24-,25-/m0/s1. The molecule has 3 nitrogen and oxygen atoms in total. The van der Waals surface area contributed by atoms with Crippen molar-refractivity contribution in [3.63, 3.8) is 0 Å². The van der Waals surface area contributed by atoms with Crippen LogP contribution in [0.4, 0.5) is 0 Å². The van der Waals surface area contributed by atoms with Crippen molar-refractivity contribution in [2.45, 2.75) is 104 Å². The molecule has 0 radical (unpaired) electrons. The van der Waals surface area contributed by atoms with E-state index in [1.165, 1.54) is 31.3 Å². The Morgan fingerprint density at radius 2 is 1.89 bits per heavy atom. The highest BCUT2D eigenvalue weighted by Gasteiger charge is 2.59. The molecule has 0 heterocycles. The molecule has 3 saturated carbocycles. The zero-order valence-corrected chi connectivity index (χ0v) is 18.1. The fraction of sp³-hybridized carbons (Fsp3) is 0.840. The van der Waals surface area contributed by atoms with Crippen LogP contribution in [0.15, 0.2) is 11.6 Å². The summed E-state index contributed by atoms with van der Waals surface area (Å²) in [5.74, 6) is 2.47. The highest BCUT2D eigenvalue weighted by atomic mass is 16.5. The van der Waals surface area contributed by atoms with Crippen LogP contribution in [0.3, 0.4) is 0 Å². The molecule has 0 aliphatic heterocycles. The van der Waals surface area contributed by atoms with Crippen LogP contribution in [0.2, 0.25) is 0 Å². The van der Waals surface area contributed by atoms with E-state index in [9.17, 15) is 9.59 Å². The van der Waals surface area contributed by atoms with Crippen molar-refractivity contribution in [3.05, 3.63) is 11.6 Å². The minimum Gasteiger partial charge on any atom is -0.462 e. The third-order valence-electron chi connectivity index (χ3n) is 9.13. The Morgan fingerprint density at radius 3 is 2.68 bits per heavy atom. The van der Waals surface area contributed by atoms with Crippen molar-refractivity contribution in [3.8, 4) is 0 Å². The van der Waals surface area contributed by atoms with E-state index in [0.717, 1.165) is 50.9 Å². The maximum absolute atomic E-state index is 12.4. The summed E-state index contributed by atoms with van der Waals surface area (Å²) in [7, 11) is 0. The van der Waals surface area contributed by atoms with Crippen LogP contribution in [-0.4, -0.2) is 17.9 Å². The highest BCUT2D eigenvalue weighted by molar-refractivity contribution is 5.91. The van der Waals surface area contributed by atoms with E-state index < -0.39 is 0 Å². The summed E-state index contributed by atoms with van der Waals surface area (Å²) < 4.78 is 6.06. The van der Waals surface area contributed by atoms with Gasteiger partial charge in [0.25, 0.3) is 0 Å². The first kappa shape index (κ1) is 20.2. The third kappa shape index (κ3) is 3.27. The molecule has 0 aromatic rings. The van der Waals surface area contributed by atoms with Gasteiger partial charge < -0.3 is 4.74 Å². The largest absolute Gasteiger partial charge is 0.462 e. The van der Waals surface area contributed by atoms with Crippen molar-refractivity contribution >= 4 is 11.8 Å². The van der Waals surface area contributed by atoms with E-state index in [0.29, 0.717) is 24.0 Å². The number of rotatable bonds is 5. The number of carbonyl (C=O) groups is 2. The maximum atomic E-state index is 12.4. The van der Waals surface area contributed by atoms with Gasteiger partial charge in [-0.25, -0.2) is 0 Å². The van der Waals surface area contributed by atoms with Crippen molar-refractivity contribution in [1.29, 1.82) is 0 Å². The average Bonchev–Trinajstić information content (AvgIpc) is 2.99. The summed E-state index contributed by atoms with van der Waals surface area (Å²) in [5.41, 5.74) is 1.82. The smallest absolute Gasteiger partial charge is 0.306 e. The lowest BCUT2D eigenvalue weighted by atomic mass is 9.47. The molecule has 0 saturated heterocycles. The van der Waals surface area contributed by atoms with Gasteiger partial charge in [0.2, 0.25) is 0 Å². The second-order valence-electron chi connectivity index (χ2n) is 10.5. The van der Waals surface area contributed by atoms with Crippen LogP contribution in [0, 0.1) is 28.6 Å². The Hall–Kier alpha value is -1.12. The second-order valence-corrected chi connectivity index (χ2v) is 10.5. The highest BCUT2D eigenvalue weighted by Crippen LogP contribution is 2.65. The molecule has 4 rings (SSSR count). The summed E-state index contributed by atoms with van der Waals surface area (Å²) in [6.07, 6.45) is 14.6. The minimum absolute atomic E-state index is 0.0223. The van der Waals surface area contributed by atoms with Gasteiger partial charge in [-0.1, -0.05) is 39.2 Å². The molecule has 3 fully saturated rings. The Labute approximate surface area is 170 Å². The average molecular weight is 387 g/mol. The van der Waals surface area contributed by atoms with Gasteiger partial charge in [-0.15, -0.1) is 0 Å². The number of ketones is 1. The van der Waals surface area contributed by atoms with Crippen molar-refractivity contribution in [1.82, 2.24) is 0 Å². The molecule has 0 spiro atoms. The number of esters is 1. The lowest BCUT2D eigenvalue weighted by Crippen LogP contribution is -2.51. The first-order valence-electron chi connectivity index (χ1n) is 11.8. The molecule has 0 aromatic heterocycles. The van der Waals surface area contributed by atoms with E-state index in [4.69, 9.17) is 4.74 Å². The summed E-state index contributed by atoms with van der Waals surface area (Å²) in [6.45, 7) is 7.01. The van der Waals surface area contributed by atoms with Crippen molar-refractivity contribution in [2.24, 2.45) is 28.6 Å². The van der Waals surface area contributed by atoms with Crippen LogP contribution in [0.5, 0.6) is 0 Å². The molecule has 4 aliphatic carbocycles. The quantitative estimate of drug-likeness (QED) is 0.429. The number of ether oxygens (including phenoxy) is 1. The van der Waals surface area contributed by atoms with E-state index >= 15 is 0 Å². The molecule has 0 bridgehead atoms. The number of hydrogen-bond acceptors (Lipinski definition) is 3. The lowest BCUT2D eigenvalue weighted by Gasteiger charge is -2.57. The fourth-order valence-corrected chi connectivity index (χ4v) is 7.44. The van der Waals surface area contributed by atoms with Crippen LogP contribution >= 0.6 is 0 Å². The van der Waals surface area contributed by atoms with Gasteiger partial charge in [0.1, 0.15) is 6.10 Å². The predicted octanol–water partition coefficient (Wildman–Crippen LogP) is 6.01. The van der Waals surface area contributed by atoms with Gasteiger partial charge in [0, 0.05) is 18.3 Å². The molecule has 156 valence electrons. The zero-order valence-electron chi connectivity index (χ0n) is 18.1. The molecule has 6 atom stereocenters. The van der Waals surface area contributed by atoms with Gasteiger partial charge >= 0.3 is 5.97 Å². The van der Waals surface area contributed by atoms with Gasteiger partial charge in [-0.3, -0.25) is 9.59 Å². The third-order valence-corrected chi connectivity index (χ3v) is 9.13. The minimum atomic E-state index is 0.0223. The predicted molar refractivity (Wildman–Crippen MR) is 111 cm³/mol. The van der Waals surface area contributed by atoms with Crippen LogP contribution in [-0.2, 0) is 14.3 Å². The number of carbonyl (C=O) groups excluding carboxylic acids is 2. The summed E-state index contributed by atoms with van der Waals surface area (Å²) >= 11 is 0. The Bertz CT molecular complexity index is 665. The SMILES string of the molecule is CCCCCC(=O)O[C@H]1CCC2C3CCC4=CC(=O)CC[C@]4(C)C3CC[C@@]21C. The summed E-state index contributed by atoms with van der Waals surface area (Å²) in [6, 6.07) is 0. The Balaban J connectivity index is 1.47. The molecule has 3 heteroatoms. The van der Waals surface area contributed by atoms with Crippen LogP contribution in [0.25, 0.3) is 0 Å². The molecular weight excluding hydrogens is 348 g/mol. The molecule has 4 aliphatic rings.